The van der Waals surface area contributed by atoms with E-state index in [1.54, 1.807) is 0 Å². The number of halogens is 4. The number of amides is 1. The fourth-order valence-electron chi connectivity index (χ4n) is 0.939. The Labute approximate surface area is 98.0 Å². The number of carbonyl (C=O) groups is 1. The van der Waals surface area contributed by atoms with E-state index >= 15 is 0 Å². The van der Waals surface area contributed by atoms with E-state index in [1.165, 1.54) is 12.1 Å². The molecule has 82 valence electrons. The molecule has 0 heterocycles. The van der Waals surface area contributed by atoms with E-state index in [4.69, 9.17) is 0 Å². The van der Waals surface area contributed by atoms with Crippen LogP contribution in [0, 0.1) is 9.39 Å². The summed E-state index contributed by atoms with van der Waals surface area (Å²) in [4.78, 5) is 11.2. The monoisotopic (exact) mass is 329 g/mol. The molecule has 0 spiro atoms. The highest BCUT2D eigenvalue weighted by molar-refractivity contribution is 14.1. The first-order chi connectivity index (χ1) is 7.00. The van der Waals surface area contributed by atoms with Crippen LogP contribution in [0.15, 0.2) is 18.2 Å². The highest BCUT2D eigenvalue weighted by Crippen LogP contribution is 2.12. The molecule has 0 aromatic heterocycles. The number of nitrogens with one attached hydrogen (secondary N) is 1. The smallest absolute Gasteiger partial charge is 0.255 e. The quantitative estimate of drug-likeness (QED) is 0.848. The molecular formula is C9H7F3INO. The molecule has 0 aliphatic heterocycles. The third kappa shape index (κ3) is 3.69. The van der Waals surface area contributed by atoms with E-state index in [0.717, 1.165) is 6.07 Å². The molecule has 0 unspecified atom stereocenters. The van der Waals surface area contributed by atoms with Crippen molar-refractivity contribution in [3.05, 3.63) is 33.1 Å². The third-order valence-electron chi connectivity index (χ3n) is 1.59. The molecule has 15 heavy (non-hydrogen) atoms. The molecule has 0 saturated carbocycles. The van der Waals surface area contributed by atoms with Crippen LogP contribution in [0.4, 0.5) is 13.2 Å². The topological polar surface area (TPSA) is 29.1 Å². The molecule has 1 amide bonds. The molecule has 0 fully saturated rings. The molecule has 0 bridgehead atoms. The van der Waals surface area contributed by atoms with Crippen LogP contribution >= 0.6 is 22.6 Å². The van der Waals surface area contributed by atoms with Gasteiger partial charge in [0.1, 0.15) is 5.82 Å². The summed E-state index contributed by atoms with van der Waals surface area (Å²) >= 11 is 1.89. The highest BCUT2D eigenvalue weighted by Gasteiger charge is 2.13. The summed E-state index contributed by atoms with van der Waals surface area (Å²) in [6.07, 6.45) is -2.64. The Morgan fingerprint density at radius 1 is 1.47 bits per heavy atom. The lowest BCUT2D eigenvalue weighted by molar-refractivity contribution is 0.0888. The minimum Gasteiger partial charge on any atom is -0.346 e. The van der Waals surface area contributed by atoms with E-state index in [9.17, 15) is 18.0 Å². The van der Waals surface area contributed by atoms with Gasteiger partial charge >= 0.3 is 0 Å². The number of carbonyl (C=O) groups excluding carboxylic acids is 1. The van der Waals surface area contributed by atoms with Crippen molar-refractivity contribution in [3.63, 3.8) is 0 Å². The van der Waals surface area contributed by atoms with Crippen LogP contribution in [-0.4, -0.2) is 18.9 Å². The number of hydrogen-bond acceptors (Lipinski definition) is 1. The van der Waals surface area contributed by atoms with Gasteiger partial charge < -0.3 is 5.32 Å². The number of alkyl halides is 2. The summed E-state index contributed by atoms with van der Waals surface area (Å²) in [5.41, 5.74) is -0.226. The molecular weight excluding hydrogens is 322 g/mol. The first-order valence-corrected chi connectivity index (χ1v) is 5.10. The van der Waals surface area contributed by atoms with Gasteiger partial charge in [0.05, 0.1) is 12.1 Å². The van der Waals surface area contributed by atoms with Crippen LogP contribution in [0.1, 0.15) is 10.4 Å². The zero-order chi connectivity index (χ0) is 11.4. The predicted octanol–water partition coefficient (Wildman–Crippen LogP) is 2.43. The molecule has 0 atom stereocenters. The Kier molecular flexibility index (Phi) is 4.37. The summed E-state index contributed by atoms with van der Waals surface area (Å²) in [6.45, 7) is -0.774. The third-order valence-corrected chi connectivity index (χ3v) is 2.26. The van der Waals surface area contributed by atoms with Gasteiger partial charge in [-0.1, -0.05) is 0 Å². The van der Waals surface area contributed by atoms with Gasteiger partial charge in [-0.05, 0) is 40.8 Å². The molecule has 0 radical (unpaired) electrons. The Morgan fingerprint density at radius 2 is 2.13 bits per heavy atom. The van der Waals surface area contributed by atoms with Crippen molar-refractivity contribution in [2.75, 3.05) is 6.54 Å². The summed E-state index contributed by atoms with van der Waals surface area (Å²) in [6, 6.07) is 3.96. The summed E-state index contributed by atoms with van der Waals surface area (Å²) in [5.74, 6) is -1.54. The second kappa shape index (κ2) is 5.34. The second-order valence-corrected chi connectivity index (χ2v) is 3.97. The predicted molar refractivity (Wildman–Crippen MR) is 57.5 cm³/mol. The molecule has 1 aromatic carbocycles. The largest absolute Gasteiger partial charge is 0.346 e. The van der Waals surface area contributed by atoms with Gasteiger partial charge in [0, 0.05) is 3.57 Å². The molecule has 2 nitrogen and oxygen atoms in total. The number of benzene rings is 1. The Morgan fingerprint density at radius 3 is 2.67 bits per heavy atom. The van der Waals surface area contributed by atoms with Gasteiger partial charge in [-0.25, -0.2) is 13.2 Å². The van der Waals surface area contributed by atoms with Crippen LogP contribution < -0.4 is 5.32 Å². The van der Waals surface area contributed by atoms with Crippen molar-refractivity contribution >= 4 is 28.5 Å². The first-order valence-electron chi connectivity index (χ1n) is 4.02. The molecule has 1 rings (SSSR count). The minimum atomic E-state index is -2.64. The summed E-state index contributed by atoms with van der Waals surface area (Å²) < 4.78 is 37.3. The van der Waals surface area contributed by atoms with Crippen molar-refractivity contribution < 1.29 is 18.0 Å². The van der Waals surface area contributed by atoms with Crippen molar-refractivity contribution in [3.8, 4) is 0 Å². The molecule has 1 aromatic rings. The number of hydrogen-bond donors (Lipinski definition) is 1. The van der Waals surface area contributed by atoms with Crippen LogP contribution in [0.2, 0.25) is 0 Å². The maximum atomic E-state index is 13.2. The lowest BCUT2D eigenvalue weighted by Gasteiger charge is -2.05. The average molecular weight is 329 g/mol. The standard InChI is InChI=1S/C9H7F3INO/c10-7-3-5(13)1-2-6(7)9(15)14-4-8(11)12/h1-3,8H,4H2,(H,14,15). The zero-order valence-corrected chi connectivity index (χ0v) is 9.59. The van der Waals surface area contributed by atoms with Gasteiger partial charge in [-0.15, -0.1) is 0 Å². The van der Waals surface area contributed by atoms with Gasteiger partial charge in [-0.3, -0.25) is 4.79 Å². The van der Waals surface area contributed by atoms with Gasteiger partial charge in [0.2, 0.25) is 0 Å². The molecule has 1 N–H and O–H groups in total. The van der Waals surface area contributed by atoms with E-state index in [2.05, 4.69) is 0 Å². The molecule has 0 saturated heterocycles. The Hall–Kier alpha value is -0.790. The normalized spacial score (nSPS) is 10.5. The fourth-order valence-corrected chi connectivity index (χ4v) is 1.39. The van der Waals surface area contributed by atoms with Crippen LogP contribution in [-0.2, 0) is 0 Å². The first kappa shape index (κ1) is 12.3. The summed E-state index contributed by atoms with van der Waals surface area (Å²) in [7, 11) is 0. The van der Waals surface area contributed by atoms with Gasteiger partial charge in [-0.2, -0.15) is 0 Å². The minimum absolute atomic E-state index is 0.226. The Balaban J connectivity index is 2.74. The fraction of sp³-hybridized carbons (Fsp3) is 0.222. The highest BCUT2D eigenvalue weighted by atomic mass is 127. The molecule has 6 heteroatoms. The second-order valence-electron chi connectivity index (χ2n) is 2.73. The van der Waals surface area contributed by atoms with Crippen molar-refractivity contribution in [1.29, 1.82) is 0 Å². The van der Waals surface area contributed by atoms with Crippen LogP contribution in [0.5, 0.6) is 0 Å². The lowest BCUT2D eigenvalue weighted by atomic mass is 10.2. The summed E-state index contributed by atoms with van der Waals surface area (Å²) in [5, 5.41) is 1.93. The van der Waals surface area contributed by atoms with Crippen LogP contribution in [0.25, 0.3) is 0 Å². The van der Waals surface area contributed by atoms with Gasteiger partial charge in [0.25, 0.3) is 12.3 Å². The Bertz CT molecular complexity index is 370. The maximum Gasteiger partial charge on any atom is 0.255 e. The van der Waals surface area contributed by atoms with Crippen molar-refractivity contribution in [2.24, 2.45) is 0 Å². The van der Waals surface area contributed by atoms with E-state index in [-0.39, 0.29) is 5.56 Å². The SMILES string of the molecule is O=C(NCC(F)F)c1ccc(I)cc1F. The van der Waals surface area contributed by atoms with Crippen LogP contribution in [0.3, 0.4) is 0 Å². The maximum absolute atomic E-state index is 13.2. The lowest BCUT2D eigenvalue weighted by Crippen LogP contribution is -2.29. The molecule has 0 aliphatic rings. The molecule has 0 aliphatic carbocycles. The number of rotatable bonds is 3. The van der Waals surface area contributed by atoms with Crippen molar-refractivity contribution in [1.82, 2.24) is 5.32 Å². The van der Waals surface area contributed by atoms with Crippen molar-refractivity contribution in [2.45, 2.75) is 6.43 Å². The van der Waals surface area contributed by atoms with E-state index in [1.807, 2.05) is 27.9 Å². The van der Waals surface area contributed by atoms with Gasteiger partial charge in [0.15, 0.2) is 0 Å². The zero-order valence-electron chi connectivity index (χ0n) is 7.44. The average Bonchev–Trinajstić information content (AvgIpc) is 2.14. The van der Waals surface area contributed by atoms with E-state index < -0.39 is 24.7 Å². The van der Waals surface area contributed by atoms with E-state index in [0.29, 0.717) is 3.57 Å².